The Morgan fingerprint density at radius 3 is 2.77 bits per heavy atom. The number of aryl methyl sites for hydroxylation is 1. The van der Waals surface area contributed by atoms with Crippen LogP contribution in [0, 0.1) is 40.4 Å². The summed E-state index contributed by atoms with van der Waals surface area (Å²) >= 11 is 1.86. The zero-order valence-corrected chi connectivity index (χ0v) is 25.2. The first-order chi connectivity index (χ1) is 19.3. The number of esters is 1. The Balaban J connectivity index is 1.15. The van der Waals surface area contributed by atoms with Crippen molar-refractivity contribution < 1.29 is 9.53 Å². The largest absolute Gasteiger partial charge is 0.466 e. The predicted molar refractivity (Wildman–Crippen MR) is 165 cm³/mol. The normalized spacial score (nSPS) is 33.2. The molecule has 4 nitrogen and oxygen atoms in total. The monoisotopic (exact) mass is 554 g/mol. The van der Waals surface area contributed by atoms with Crippen LogP contribution in [0.25, 0.3) is 16.3 Å². The Morgan fingerprint density at radius 2 is 1.93 bits per heavy atom. The van der Waals surface area contributed by atoms with Gasteiger partial charge in [-0.1, -0.05) is 74.6 Å². The van der Waals surface area contributed by atoms with Gasteiger partial charge in [0, 0.05) is 18.0 Å². The van der Waals surface area contributed by atoms with Crippen LogP contribution in [0.4, 0.5) is 10.8 Å². The van der Waals surface area contributed by atoms with Crippen molar-refractivity contribution in [2.45, 2.75) is 72.6 Å². The van der Waals surface area contributed by atoms with E-state index in [0.717, 1.165) is 35.0 Å². The third-order valence-corrected chi connectivity index (χ3v) is 12.7. The quantitative estimate of drug-likeness (QED) is 0.320. The lowest BCUT2D eigenvalue weighted by Crippen LogP contribution is -2.50. The second-order valence-electron chi connectivity index (χ2n) is 13.6. The van der Waals surface area contributed by atoms with Gasteiger partial charge in [0.1, 0.15) is 0 Å². The van der Waals surface area contributed by atoms with Crippen LogP contribution in [0.3, 0.4) is 0 Å². The molecule has 2 saturated carbocycles. The van der Waals surface area contributed by atoms with Crippen molar-refractivity contribution in [2.24, 2.45) is 40.4 Å². The molecule has 1 aromatic heterocycles. The molecule has 0 radical (unpaired) electrons. The average molecular weight is 555 g/mol. The van der Waals surface area contributed by atoms with E-state index in [1.807, 2.05) is 11.3 Å². The molecule has 0 saturated heterocycles. The number of ether oxygens (including phenoxy) is 1. The van der Waals surface area contributed by atoms with Crippen LogP contribution < -0.4 is 5.32 Å². The average Bonchev–Trinajstić information content (AvgIpc) is 3.52. The maximum absolute atomic E-state index is 11.5. The highest BCUT2D eigenvalue weighted by Crippen LogP contribution is 2.68. The zero-order chi connectivity index (χ0) is 27.6. The van der Waals surface area contributed by atoms with Crippen molar-refractivity contribution in [1.82, 2.24) is 4.98 Å². The molecule has 7 atom stereocenters. The molecule has 2 fully saturated rings. The first kappa shape index (κ1) is 26.3. The Bertz CT molecular complexity index is 1490. The molecule has 40 heavy (non-hydrogen) atoms. The van der Waals surface area contributed by atoms with E-state index in [1.54, 1.807) is 5.57 Å². The number of thiazole rings is 1. The van der Waals surface area contributed by atoms with E-state index in [0.29, 0.717) is 23.9 Å². The molecule has 0 bridgehead atoms. The first-order valence-corrected chi connectivity index (χ1v) is 16.2. The lowest BCUT2D eigenvalue weighted by molar-refractivity contribution is -0.143. The summed E-state index contributed by atoms with van der Waals surface area (Å²) in [7, 11) is 0. The van der Waals surface area contributed by atoms with Gasteiger partial charge in [-0.05, 0) is 102 Å². The summed E-state index contributed by atoms with van der Waals surface area (Å²) in [5.41, 5.74) is 4.61. The number of hydrogen-bond acceptors (Lipinski definition) is 5. The molecular weight excluding hydrogens is 512 g/mol. The zero-order valence-electron chi connectivity index (χ0n) is 24.3. The SMILES string of the molecule is CC(=O)OC[C@@H](C)[C@H]1CC[C@H]2[C@@H]3CC=C4c5sc(Nc6cccc7ccccc67)nc5CC[C@]4(C)[C@H]3CC[C@]12C. The van der Waals surface area contributed by atoms with Gasteiger partial charge in [0.05, 0.1) is 17.2 Å². The van der Waals surface area contributed by atoms with Crippen LogP contribution in [-0.2, 0) is 16.0 Å². The highest BCUT2D eigenvalue weighted by atomic mass is 32.1. The van der Waals surface area contributed by atoms with Gasteiger partial charge in [-0.15, -0.1) is 0 Å². The Morgan fingerprint density at radius 1 is 1.10 bits per heavy atom. The number of hydrogen-bond donors (Lipinski definition) is 1. The summed E-state index contributed by atoms with van der Waals surface area (Å²) in [6, 6.07) is 15.0. The Labute approximate surface area is 242 Å². The smallest absolute Gasteiger partial charge is 0.302 e. The minimum absolute atomic E-state index is 0.150. The number of rotatable bonds is 5. The fourth-order valence-corrected chi connectivity index (χ4v) is 10.9. The second kappa shape index (κ2) is 9.72. The molecule has 210 valence electrons. The second-order valence-corrected chi connectivity index (χ2v) is 14.6. The molecule has 3 aromatic rings. The van der Waals surface area contributed by atoms with Gasteiger partial charge >= 0.3 is 5.97 Å². The van der Waals surface area contributed by atoms with Gasteiger partial charge in [0.2, 0.25) is 0 Å². The standard InChI is InChI=1S/C35H42N2O2S/c1-21(20-39-22(2)38)26-14-15-27-25-12-13-29-32-31(17-19-35(29,4)28(25)16-18-34(26,27)3)37-33(40-32)36-30-11-7-9-23-8-5-6-10-24(23)30/h5-11,13,21,25-28H,12,14-20H2,1-4H3,(H,36,37)/t21-,25+,26-,27+,28+,34-,35-/m1/s1. The minimum Gasteiger partial charge on any atom is -0.466 e. The Kier molecular flexibility index (Phi) is 6.38. The summed E-state index contributed by atoms with van der Waals surface area (Å²) < 4.78 is 5.47. The third-order valence-electron chi connectivity index (χ3n) is 11.6. The van der Waals surface area contributed by atoms with Gasteiger partial charge in [0.25, 0.3) is 0 Å². The molecule has 1 N–H and O–H groups in total. The fraction of sp³-hybridized carbons (Fsp3) is 0.543. The van der Waals surface area contributed by atoms with E-state index >= 15 is 0 Å². The van der Waals surface area contributed by atoms with Crippen LogP contribution in [0.15, 0.2) is 48.5 Å². The van der Waals surface area contributed by atoms with Crippen LogP contribution in [-0.4, -0.2) is 17.6 Å². The maximum atomic E-state index is 11.5. The number of carbonyl (C=O) groups is 1. The molecular formula is C35H42N2O2S. The molecule has 4 aliphatic carbocycles. The maximum Gasteiger partial charge on any atom is 0.302 e. The van der Waals surface area contributed by atoms with E-state index in [-0.39, 0.29) is 11.4 Å². The molecule has 5 heteroatoms. The summed E-state index contributed by atoms with van der Waals surface area (Å²) in [6.07, 6.45) is 11.3. The van der Waals surface area contributed by atoms with E-state index in [2.05, 4.69) is 74.6 Å². The number of allylic oxidation sites excluding steroid dienone is 2. The lowest BCUT2D eigenvalue weighted by atomic mass is 9.47. The molecule has 0 amide bonds. The molecule has 2 aromatic carbocycles. The van der Waals surface area contributed by atoms with Gasteiger partial charge < -0.3 is 10.1 Å². The number of nitrogens with zero attached hydrogens (tertiary/aromatic N) is 1. The van der Waals surface area contributed by atoms with Gasteiger partial charge in [0.15, 0.2) is 5.13 Å². The molecule has 1 heterocycles. The van der Waals surface area contributed by atoms with Crippen LogP contribution >= 0.6 is 11.3 Å². The topological polar surface area (TPSA) is 51.2 Å². The van der Waals surface area contributed by atoms with Crippen molar-refractivity contribution in [3.05, 3.63) is 59.1 Å². The molecule has 4 aliphatic rings. The molecule has 0 unspecified atom stereocenters. The summed E-state index contributed by atoms with van der Waals surface area (Å²) in [6.45, 7) is 9.57. The number of anilines is 2. The molecule has 0 aliphatic heterocycles. The van der Waals surface area contributed by atoms with E-state index in [1.165, 1.54) is 66.8 Å². The number of aromatic nitrogens is 1. The number of nitrogens with one attached hydrogen (secondary N) is 1. The van der Waals surface area contributed by atoms with Crippen LogP contribution in [0.1, 0.15) is 76.8 Å². The van der Waals surface area contributed by atoms with Gasteiger partial charge in [-0.25, -0.2) is 4.98 Å². The van der Waals surface area contributed by atoms with Crippen molar-refractivity contribution >= 4 is 44.5 Å². The van der Waals surface area contributed by atoms with Gasteiger partial charge in [-0.3, -0.25) is 4.79 Å². The fourth-order valence-electron chi connectivity index (χ4n) is 9.72. The highest BCUT2D eigenvalue weighted by molar-refractivity contribution is 7.16. The van der Waals surface area contributed by atoms with Gasteiger partial charge in [-0.2, -0.15) is 0 Å². The summed E-state index contributed by atoms with van der Waals surface area (Å²) in [5.74, 6) is 3.22. The van der Waals surface area contributed by atoms with Crippen molar-refractivity contribution in [3.63, 3.8) is 0 Å². The van der Waals surface area contributed by atoms with Crippen LogP contribution in [0.2, 0.25) is 0 Å². The molecule has 0 spiro atoms. The van der Waals surface area contributed by atoms with Crippen LogP contribution in [0.5, 0.6) is 0 Å². The van der Waals surface area contributed by atoms with E-state index in [9.17, 15) is 4.79 Å². The first-order valence-electron chi connectivity index (χ1n) is 15.4. The Hall–Kier alpha value is -2.66. The van der Waals surface area contributed by atoms with Crippen molar-refractivity contribution in [2.75, 3.05) is 11.9 Å². The van der Waals surface area contributed by atoms with Crippen molar-refractivity contribution in [3.8, 4) is 0 Å². The number of fused-ring (bicyclic) bond motifs is 8. The van der Waals surface area contributed by atoms with E-state index < -0.39 is 0 Å². The summed E-state index contributed by atoms with van der Waals surface area (Å²) in [5, 5.41) is 7.20. The lowest BCUT2D eigenvalue weighted by Gasteiger charge is -2.57. The van der Waals surface area contributed by atoms with E-state index in [4.69, 9.17) is 9.72 Å². The highest BCUT2D eigenvalue weighted by Gasteiger charge is 2.59. The minimum atomic E-state index is -0.150. The predicted octanol–water partition coefficient (Wildman–Crippen LogP) is 9.04. The number of carbonyl (C=O) groups excluding carboxylic acids is 1. The third kappa shape index (κ3) is 4.06. The van der Waals surface area contributed by atoms with Crippen molar-refractivity contribution in [1.29, 1.82) is 0 Å². The summed E-state index contributed by atoms with van der Waals surface area (Å²) in [4.78, 5) is 18.0. The molecule has 7 rings (SSSR count). The number of benzene rings is 2.